The molecule has 0 amide bonds. The van der Waals surface area contributed by atoms with Gasteiger partial charge in [0, 0.05) is 0 Å². The van der Waals surface area contributed by atoms with Gasteiger partial charge in [-0.15, -0.1) is 0 Å². The van der Waals surface area contributed by atoms with Crippen LogP contribution >= 0.6 is 0 Å². The third-order valence-corrected chi connectivity index (χ3v) is 2.23. The van der Waals surface area contributed by atoms with Gasteiger partial charge in [0.2, 0.25) is 0 Å². The lowest BCUT2D eigenvalue weighted by molar-refractivity contribution is -0.137. The number of carbonyl (C=O) groups is 2. The van der Waals surface area contributed by atoms with Crippen LogP contribution in [0.25, 0.3) is 11.0 Å². The highest BCUT2D eigenvalue weighted by Gasteiger charge is 2.12. The molecule has 0 aliphatic heterocycles. The van der Waals surface area contributed by atoms with Gasteiger partial charge in [-0.05, 0) is 19.1 Å². The van der Waals surface area contributed by atoms with Gasteiger partial charge in [-0.3, -0.25) is 9.59 Å². The molecule has 0 bridgehead atoms. The maximum atomic E-state index is 11.4. The van der Waals surface area contributed by atoms with Crippen LogP contribution in [0.15, 0.2) is 39.5 Å². The van der Waals surface area contributed by atoms with E-state index in [-0.39, 0.29) is 18.0 Å². The van der Waals surface area contributed by atoms with Crippen LogP contribution in [0.2, 0.25) is 0 Å². The Labute approximate surface area is 102 Å². The molecule has 18 heavy (non-hydrogen) atoms. The quantitative estimate of drug-likeness (QED) is 0.468. The summed E-state index contributed by atoms with van der Waals surface area (Å²) in [5.74, 6) is -0.890. The highest BCUT2D eigenvalue weighted by molar-refractivity contribution is 5.96. The molecular weight excluding hydrogens is 236 g/mol. The summed E-state index contributed by atoms with van der Waals surface area (Å²) < 4.78 is 9.95. The Hall–Kier alpha value is -2.43. The van der Waals surface area contributed by atoms with Crippen molar-refractivity contribution in [2.75, 3.05) is 0 Å². The molecule has 0 N–H and O–H groups in total. The first-order chi connectivity index (χ1) is 8.56. The number of ether oxygens (including phenoxy) is 1. The number of para-hydroxylation sites is 1. The van der Waals surface area contributed by atoms with Crippen molar-refractivity contribution in [2.45, 2.75) is 13.3 Å². The zero-order valence-corrected chi connectivity index (χ0v) is 9.64. The Bertz CT molecular complexity index is 668. The van der Waals surface area contributed by atoms with E-state index in [1.54, 1.807) is 24.3 Å². The summed E-state index contributed by atoms with van der Waals surface area (Å²) in [6, 6.07) is 7.77. The fourth-order valence-electron chi connectivity index (χ4n) is 1.53. The highest BCUT2D eigenvalue weighted by atomic mass is 16.5. The number of benzene rings is 1. The Morgan fingerprint density at radius 3 is 2.72 bits per heavy atom. The second kappa shape index (κ2) is 4.83. The number of hydrogen-bond donors (Lipinski definition) is 0. The number of Topliss-reactive ketones (excluding diaryl/α,β-unsaturated/α-hetero) is 1. The summed E-state index contributed by atoms with van der Waals surface area (Å²) in [6.07, 6.45) is -0.325. The van der Waals surface area contributed by atoms with Crippen molar-refractivity contribution in [1.29, 1.82) is 0 Å². The molecule has 2 aromatic rings. The maximum absolute atomic E-state index is 11.4. The van der Waals surface area contributed by atoms with Crippen LogP contribution in [0.3, 0.4) is 0 Å². The van der Waals surface area contributed by atoms with Gasteiger partial charge in [0.15, 0.2) is 0 Å². The molecule has 0 aliphatic rings. The third kappa shape index (κ3) is 2.63. The minimum absolute atomic E-state index is 0.105. The predicted molar refractivity (Wildman–Crippen MR) is 63.4 cm³/mol. The Morgan fingerprint density at radius 2 is 2.00 bits per heavy atom. The van der Waals surface area contributed by atoms with Crippen molar-refractivity contribution in [3.63, 3.8) is 0 Å². The van der Waals surface area contributed by atoms with Crippen molar-refractivity contribution >= 4 is 22.7 Å². The van der Waals surface area contributed by atoms with Crippen molar-refractivity contribution < 1.29 is 18.7 Å². The standard InChI is InChI=1S/C13H10O5/c1-8(14)6-12(15)18-11-7-13(16)17-10-5-3-2-4-9(10)11/h2-5,7H,6H2,1H3. The predicted octanol–water partition coefficient (Wildman–Crippen LogP) is 1.68. The largest absolute Gasteiger partial charge is 0.425 e. The van der Waals surface area contributed by atoms with E-state index in [4.69, 9.17) is 9.15 Å². The molecule has 0 unspecified atom stereocenters. The van der Waals surface area contributed by atoms with E-state index in [2.05, 4.69) is 0 Å². The normalized spacial score (nSPS) is 10.3. The number of ketones is 1. The lowest BCUT2D eigenvalue weighted by Gasteiger charge is -2.05. The van der Waals surface area contributed by atoms with Gasteiger partial charge < -0.3 is 9.15 Å². The Morgan fingerprint density at radius 1 is 1.28 bits per heavy atom. The van der Waals surface area contributed by atoms with Crippen LogP contribution in [0, 0.1) is 0 Å². The molecule has 5 nitrogen and oxygen atoms in total. The molecule has 1 aromatic carbocycles. The summed E-state index contributed by atoms with van der Waals surface area (Å²) in [5.41, 5.74) is -0.282. The first-order valence-electron chi connectivity index (χ1n) is 5.29. The van der Waals surface area contributed by atoms with E-state index in [1.165, 1.54) is 6.92 Å². The Kier molecular flexibility index (Phi) is 3.23. The van der Waals surface area contributed by atoms with Crippen LogP contribution in [0.5, 0.6) is 5.75 Å². The summed E-state index contributed by atoms with van der Waals surface area (Å²) in [5, 5.41) is 0.508. The minimum atomic E-state index is -0.696. The zero-order valence-electron chi connectivity index (χ0n) is 9.64. The van der Waals surface area contributed by atoms with Crippen LogP contribution in [-0.2, 0) is 9.59 Å². The van der Waals surface area contributed by atoms with E-state index in [0.717, 1.165) is 6.07 Å². The van der Waals surface area contributed by atoms with Crippen molar-refractivity contribution in [3.8, 4) is 5.75 Å². The second-order valence-corrected chi connectivity index (χ2v) is 3.78. The summed E-state index contributed by atoms with van der Waals surface area (Å²) in [7, 11) is 0. The van der Waals surface area contributed by atoms with Crippen molar-refractivity contribution in [3.05, 3.63) is 40.8 Å². The van der Waals surface area contributed by atoms with E-state index < -0.39 is 11.6 Å². The van der Waals surface area contributed by atoms with Crippen LogP contribution in [0.1, 0.15) is 13.3 Å². The van der Waals surface area contributed by atoms with Crippen LogP contribution in [-0.4, -0.2) is 11.8 Å². The smallest absolute Gasteiger partial charge is 0.339 e. The summed E-state index contributed by atoms with van der Waals surface area (Å²) >= 11 is 0. The number of fused-ring (bicyclic) bond motifs is 1. The van der Waals surface area contributed by atoms with Gasteiger partial charge in [0.1, 0.15) is 23.5 Å². The molecule has 2 rings (SSSR count). The van der Waals surface area contributed by atoms with Gasteiger partial charge in [-0.25, -0.2) is 4.79 Å². The molecular formula is C13H10O5. The summed E-state index contributed by atoms with van der Waals surface area (Å²) in [6.45, 7) is 1.29. The first-order valence-corrected chi connectivity index (χ1v) is 5.29. The van der Waals surface area contributed by atoms with Crippen LogP contribution < -0.4 is 10.4 Å². The van der Waals surface area contributed by atoms with E-state index >= 15 is 0 Å². The molecule has 0 fully saturated rings. The number of rotatable bonds is 3. The van der Waals surface area contributed by atoms with Crippen molar-refractivity contribution in [2.24, 2.45) is 0 Å². The first kappa shape index (κ1) is 12.0. The fraction of sp³-hybridized carbons (Fsp3) is 0.154. The van der Waals surface area contributed by atoms with E-state index in [0.29, 0.717) is 11.0 Å². The molecule has 0 aliphatic carbocycles. The SMILES string of the molecule is CC(=O)CC(=O)Oc1cc(=O)oc2ccccc12. The molecule has 0 spiro atoms. The molecule has 0 saturated carbocycles. The van der Waals surface area contributed by atoms with Gasteiger partial charge in [-0.2, -0.15) is 0 Å². The van der Waals surface area contributed by atoms with Gasteiger partial charge in [0.05, 0.1) is 11.5 Å². The molecule has 0 atom stereocenters. The van der Waals surface area contributed by atoms with Gasteiger partial charge in [0.25, 0.3) is 0 Å². The zero-order chi connectivity index (χ0) is 13.1. The van der Waals surface area contributed by atoms with Crippen LogP contribution in [0.4, 0.5) is 0 Å². The highest BCUT2D eigenvalue weighted by Crippen LogP contribution is 2.23. The van der Waals surface area contributed by atoms with E-state index in [1.807, 2.05) is 0 Å². The molecule has 1 aromatic heterocycles. The molecule has 1 heterocycles. The fourth-order valence-corrected chi connectivity index (χ4v) is 1.53. The molecule has 92 valence electrons. The lowest BCUT2D eigenvalue weighted by atomic mass is 10.2. The van der Waals surface area contributed by atoms with Gasteiger partial charge >= 0.3 is 11.6 Å². The average Bonchev–Trinajstić information content (AvgIpc) is 2.27. The monoisotopic (exact) mass is 246 g/mol. The lowest BCUT2D eigenvalue weighted by Crippen LogP contribution is -2.13. The number of esters is 1. The third-order valence-electron chi connectivity index (χ3n) is 2.23. The number of hydrogen-bond acceptors (Lipinski definition) is 5. The Balaban J connectivity index is 2.41. The van der Waals surface area contributed by atoms with E-state index in [9.17, 15) is 14.4 Å². The minimum Gasteiger partial charge on any atom is -0.425 e. The topological polar surface area (TPSA) is 73.6 Å². The maximum Gasteiger partial charge on any atom is 0.339 e. The second-order valence-electron chi connectivity index (χ2n) is 3.78. The van der Waals surface area contributed by atoms with Crippen molar-refractivity contribution in [1.82, 2.24) is 0 Å². The molecule has 0 radical (unpaired) electrons. The average molecular weight is 246 g/mol. The number of carbonyl (C=O) groups excluding carboxylic acids is 2. The molecule has 0 saturated heterocycles. The molecule has 5 heteroatoms. The van der Waals surface area contributed by atoms with Gasteiger partial charge in [-0.1, -0.05) is 12.1 Å². The summed E-state index contributed by atoms with van der Waals surface area (Å²) in [4.78, 5) is 33.5.